The van der Waals surface area contributed by atoms with E-state index in [9.17, 15) is 4.79 Å². The Hall–Kier alpha value is -1.36. The zero-order chi connectivity index (χ0) is 19.4. The Morgan fingerprint density at radius 2 is 1.81 bits per heavy atom. The number of likely N-dealkylation sites (tertiary alicyclic amines) is 1. The molecule has 0 unspecified atom stereocenters. The molecule has 0 spiro atoms. The van der Waals surface area contributed by atoms with Gasteiger partial charge in [-0.25, -0.2) is 0 Å². The molecular weight excluding hydrogens is 342 g/mol. The number of allylic oxidation sites excluding steroid dienone is 2. The molecule has 2 N–H and O–H groups in total. The Bertz CT molecular complexity index is 476. The summed E-state index contributed by atoms with van der Waals surface area (Å²) in [5.41, 5.74) is 0. The highest BCUT2D eigenvalue weighted by Gasteiger charge is 2.21. The van der Waals surface area contributed by atoms with Crippen molar-refractivity contribution in [2.45, 2.75) is 77.8 Å². The molecule has 1 aliphatic heterocycles. The third-order valence-electron chi connectivity index (χ3n) is 4.91. The zero-order valence-corrected chi connectivity index (χ0v) is 17.7. The number of hydrogen-bond donors (Lipinski definition) is 2. The number of hydrogen-bond acceptors (Lipinski definition) is 4. The van der Waals surface area contributed by atoms with Crippen molar-refractivity contribution in [3.05, 3.63) is 35.4 Å². The topological polar surface area (TPSA) is 44.4 Å². The van der Waals surface area contributed by atoms with E-state index in [4.69, 9.17) is 0 Å². The van der Waals surface area contributed by atoms with Gasteiger partial charge >= 0.3 is 0 Å². The normalized spacial score (nSPS) is 18.7. The minimum Gasteiger partial charge on any atom is -0.389 e. The predicted molar refractivity (Wildman–Crippen MR) is 115 cm³/mol. The molecule has 0 aromatic rings. The molecule has 1 aliphatic carbocycles. The Kier molecular flexibility index (Phi) is 11.3. The van der Waals surface area contributed by atoms with Crippen LogP contribution in [0.15, 0.2) is 35.4 Å². The van der Waals surface area contributed by atoms with E-state index in [2.05, 4.69) is 36.8 Å². The summed E-state index contributed by atoms with van der Waals surface area (Å²) in [5.74, 6) is 0.270. The summed E-state index contributed by atoms with van der Waals surface area (Å²) in [7, 11) is 0. The van der Waals surface area contributed by atoms with Gasteiger partial charge < -0.3 is 15.5 Å². The van der Waals surface area contributed by atoms with Gasteiger partial charge in [0, 0.05) is 31.6 Å². The van der Waals surface area contributed by atoms with Crippen LogP contribution >= 0.6 is 11.8 Å². The number of rotatable bonds is 7. The third-order valence-corrected chi connectivity index (χ3v) is 5.84. The molecule has 2 aliphatic rings. The molecule has 1 heterocycles. The van der Waals surface area contributed by atoms with Crippen molar-refractivity contribution in [2.75, 3.05) is 13.1 Å². The van der Waals surface area contributed by atoms with Crippen LogP contribution in [0.25, 0.3) is 0 Å². The molecule has 4 nitrogen and oxygen atoms in total. The summed E-state index contributed by atoms with van der Waals surface area (Å²) in [6, 6.07) is 1.20. The van der Waals surface area contributed by atoms with Crippen LogP contribution in [-0.2, 0) is 4.79 Å². The molecule has 0 aromatic carbocycles. The predicted octanol–water partition coefficient (Wildman–Crippen LogP) is 4.77. The zero-order valence-electron chi connectivity index (χ0n) is 16.9. The summed E-state index contributed by atoms with van der Waals surface area (Å²) >= 11 is 1.68. The minimum absolute atomic E-state index is 0.270. The fraction of sp³-hybridized carbons (Fsp3) is 0.667. The fourth-order valence-electron chi connectivity index (χ4n) is 3.27. The average Bonchev–Trinajstić information content (AvgIpc) is 3.15. The van der Waals surface area contributed by atoms with Crippen LogP contribution in [0.3, 0.4) is 0 Å². The van der Waals surface area contributed by atoms with Crippen molar-refractivity contribution in [3.63, 3.8) is 0 Å². The second-order valence-electron chi connectivity index (χ2n) is 6.93. The molecule has 0 atom stereocenters. The summed E-state index contributed by atoms with van der Waals surface area (Å²) in [5, 5.41) is 7.67. The van der Waals surface area contributed by atoms with Gasteiger partial charge in [0.2, 0.25) is 5.91 Å². The summed E-state index contributed by atoms with van der Waals surface area (Å²) < 4.78 is 0. The molecule has 148 valence electrons. The number of thioether (sulfide) groups is 1. The van der Waals surface area contributed by atoms with Crippen molar-refractivity contribution in [1.29, 1.82) is 0 Å². The largest absolute Gasteiger partial charge is 0.389 e. The molecule has 2 rings (SSSR count). The van der Waals surface area contributed by atoms with Crippen molar-refractivity contribution < 1.29 is 4.79 Å². The van der Waals surface area contributed by atoms with E-state index in [0.29, 0.717) is 12.5 Å². The first-order valence-electron chi connectivity index (χ1n) is 9.91. The monoisotopic (exact) mass is 379 g/mol. The highest BCUT2D eigenvalue weighted by Crippen LogP contribution is 2.23. The van der Waals surface area contributed by atoms with Gasteiger partial charge in [-0.15, -0.1) is 0 Å². The Morgan fingerprint density at radius 1 is 1.19 bits per heavy atom. The van der Waals surface area contributed by atoms with Gasteiger partial charge in [-0.05, 0) is 50.6 Å². The summed E-state index contributed by atoms with van der Waals surface area (Å²) in [6.45, 7) is 15.4. The molecule has 5 heteroatoms. The molecule has 26 heavy (non-hydrogen) atoms. The van der Waals surface area contributed by atoms with Crippen LogP contribution in [0.1, 0.15) is 65.7 Å². The Labute approximate surface area is 164 Å². The Balaban J connectivity index is 0.000000350. The molecular formula is C21H37N3OS. The van der Waals surface area contributed by atoms with Crippen molar-refractivity contribution in [3.8, 4) is 0 Å². The maximum atomic E-state index is 11.6. The van der Waals surface area contributed by atoms with Crippen LogP contribution in [0.5, 0.6) is 0 Å². The van der Waals surface area contributed by atoms with Crippen molar-refractivity contribution in [2.24, 2.45) is 0 Å². The number of carbonyl (C=O) groups excluding carboxylic acids is 1. The molecule has 0 aromatic heterocycles. The quantitative estimate of drug-likeness (QED) is 0.669. The lowest BCUT2D eigenvalue weighted by Gasteiger charge is -2.33. The standard InChI is InChI=1S/C14H24N2OS.C7H13N/c1-5-11(3)18-12(4)15-13-7-9-16(10-8-13)14(17)6-2;1-2-8-7-5-3-4-6-7/h5,13,15H,4,6-10H2,1-3H3;2,7-8H,1,3-6H2/b11-5-;. The first-order valence-corrected chi connectivity index (χ1v) is 10.7. The highest BCUT2D eigenvalue weighted by atomic mass is 32.2. The number of carbonyl (C=O) groups is 1. The van der Waals surface area contributed by atoms with Crippen LogP contribution in [0.4, 0.5) is 0 Å². The maximum absolute atomic E-state index is 11.6. The first-order chi connectivity index (χ1) is 12.5. The van der Waals surface area contributed by atoms with E-state index in [1.807, 2.05) is 18.7 Å². The van der Waals surface area contributed by atoms with Gasteiger partial charge in [-0.1, -0.05) is 50.8 Å². The molecule has 1 saturated carbocycles. The van der Waals surface area contributed by atoms with E-state index in [1.54, 1.807) is 18.0 Å². The van der Waals surface area contributed by atoms with Crippen molar-refractivity contribution >= 4 is 17.7 Å². The van der Waals surface area contributed by atoms with E-state index in [1.165, 1.54) is 30.6 Å². The van der Waals surface area contributed by atoms with Gasteiger partial charge in [0.15, 0.2) is 0 Å². The van der Waals surface area contributed by atoms with E-state index in [0.717, 1.165) is 37.0 Å². The Morgan fingerprint density at radius 3 is 2.31 bits per heavy atom. The lowest BCUT2D eigenvalue weighted by atomic mass is 10.1. The molecule has 0 bridgehead atoms. The number of nitrogens with one attached hydrogen (secondary N) is 2. The van der Waals surface area contributed by atoms with Crippen LogP contribution in [0, 0.1) is 0 Å². The van der Waals surface area contributed by atoms with Gasteiger partial charge in [0.1, 0.15) is 0 Å². The summed E-state index contributed by atoms with van der Waals surface area (Å²) in [4.78, 5) is 14.8. The number of nitrogens with zero attached hydrogens (tertiary/aromatic N) is 1. The SMILES string of the molecule is C=C(NC1CCN(C(=O)CC)CC1)S/C(C)=C\C.C=CNC1CCCC1. The third kappa shape index (κ3) is 8.84. The number of piperidine rings is 1. The highest BCUT2D eigenvalue weighted by molar-refractivity contribution is 8.06. The second-order valence-corrected chi connectivity index (χ2v) is 8.27. The van der Waals surface area contributed by atoms with Crippen LogP contribution in [0.2, 0.25) is 0 Å². The van der Waals surface area contributed by atoms with E-state index < -0.39 is 0 Å². The molecule has 1 amide bonds. The van der Waals surface area contributed by atoms with Gasteiger partial charge in [0.25, 0.3) is 0 Å². The van der Waals surface area contributed by atoms with Gasteiger partial charge in [-0.2, -0.15) is 0 Å². The maximum Gasteiger partial charge on any atom is 0.222 e. The van der Waals surface area contributed by atoms with Crippen LogP contribution in [-0.4, -0.2) is 36.0 Å². The van der Waals surface area contributed by atoms with E-state index >= 15 is 0 Å². The van der Waals surface area contributed by atoms with Crippen molar-refractivity contribution in [1.82, 2.24) is 15.5 Å². The van der Waals surface area contributed by atoms with Gasteiger partial charge in [-0.3, -0.25) is 4.79 Å². The lowest BCUT2D eigenvalue weighted by Crippen LogP contribution is -2.44. The van der Waals surface area contributed by atoms with E-state index in [-0.39, 0.29) is 5.91 Å². The second kappa shape index (κ2) is 12.9. The summed E-state index contributed by atoms with van der Waals surface area (Å²) in [6.07, 6.45) is 12.0. The van der Waals surface area contributed by atoms with Crippen LogP contribution < -0.4 is 10.6 Å². The molecule has 1 saturated heterocycles. The molecule has 0 radical (unpaired) electrons. The fourth-order valence-corrected chi connectivity index (χ4v) is 4.00. The smallest absolute Gasteiger partial charge is 0.222 e. The first kappa shape index (κ1) is 22.7. The molecule has 2 fully saturated rings. The van der Waals surface area contributed by atoms with Gasteiger partial charge in [0.05, 0.1) is 5.03 Å². The average molecular weight is 380 g/mol. The minimum atomic E-state index is 0.270. The number of amides is 1. The lowest BCUT2D eigenvalue weighted by molar-refractivity contribution is -0.131.